The zero-order chi connectivity index (χ0) is 82.2. The molecule has 3 N–H and O–H groups in total. The zero-order valence-corrected chi connectivity index (χ0v) is 75.9. The van der Waals surface area contributed by atoms with Gasteiger partial charge >= 0.3 is 39.5 Å². The number of esters is 4. The van der Waals surface area contributed by atoms with Gasteiger partial charge < -0.3 is 33.8 Å². The molecule has 17 nitrogen and oxygen atoms in total. The van der Waals surface area contributed by atoms with Gasteiger partial charge in [0.25, 0.3) is 0 Å². The molecule has 0 bridgehead atoms. The van der Waals surface area contributed by atoms with Crippen LogP contribution in [0, 0.1) is 17.8 Å². The van der Waals surface area contributed by atoms with Crippen molar-refractivity contribution in [1.82, 2.24) is 0 Å². The van der Waals surface area contributed by atoms with Crippen molar-refractivity contribution in [2.75, 3.05) is 39.6 Å². The number of carbonyl (C=O) groups is 4. The van der Waals surface area contributed by atoms with Crippen molar-refractivity contribution in [3.63, 3.8) is 0 Å². The van der Waals surface area contributed by atoms with E-state index in [0.29, 0.717) is 25.7 Å². The lowest BCUT2D eigenvalue weighted by Crippen LogP contribution is -2.30. The third-order valence-corrected chi connectivity index (χ3v) is 24.5. The molecule has 0 aromatic rings. The van der Waals surface area contributed by atoms with Crippen molar-refractivity contribution in [3.05, 3.63) is 0 Å². The average Bonchev–Trinajstić information content (AvgIpc) is 0.898. The molecule has 0 aliphatic carbocycles. The smallest absolute Gasteiger partial charge is 0.462 e. The fraction of sp³-hybridized carbons (Fsp3) is 0.957. The van der Waals surface area contributed by atoms with Crippen molar-refractivity contribution in [2.45, 2.75) is 516 Å². The van der Waals surface area contributed by atoms with Crippen LogP contribution in [0.4, 0.5) is 0 Å². The van der Waals surface area contributed by atoms with E-state index < -0.39 is 97.5 Å². The second kappa shape index (κ2) is 82.7. The Morgan fingerprint density at radius 2 is 0.455 bits per heavy atom. The molecule has 0 aromatic heterocycles. The Balaban J connectivity index is 5.24. The molecule has 0 amide bonds. The number of aliphatic hydroxyl groups excluding tert-OH is 1. The number of hydrogen-bond donors (Lipinski definition) is 3. The van der Waals surface area contributed by atoms with Crippen LogP contribution in [0.2, 0.25) is 0 Å². The zero-order valence-electron chi connectivity index (χ0n) is 74.2. The number of phosphoric acid groups is 2. The summed E-state index contributed by atoms with van der Waals surface area (Å²) in [7, 11) is -9.94. The lowest BCUT2D eigenvalue weighted by molar-refractivity contribution is -0.161. The normalized spacial score (nSPS) is 14.2. The van der Waals surface area contributed by atoms with Gasteiger partial charge in [0.05, 0.1) is 26.4 Å². The first-order valence-electron chi connectivity index (χ1n) is 47.9. The molecule has 7 atom stereocenters. The van der Waals surface area contributed by atoms with E-state index in [0.717, 1.165) is 108 Å². The van der Waals surface area contributed by atoms with Gasteiger partial charge in [0.2, 0.25) is 0 Å². The van der Waals surface area contributed by atoms with Gasteiger partial charge in [0.15, 0.2) is 12.2 Å². The summed E-state index contributed by atoms with van der Waals surface area (Å²) in [5.74, 6) is 0.427. The van der Waals surface area contributed by atoms with Gasteiger partial charge in [-0.25, -0.2) is 9.13 Å². The van der Waals surface area contributed by atoms with Crippen LogP contribution < -0.4 is 0 Å². The highest BCUT2D eigenvalue weighted by molar-refractivity contribution is 7.47. The van der Waals surface area contributed by atoms with Gasteiger partial charge in [-0.05, 0) is 43.4 Å². The van der Waals surface area contributed by atoms with E-state index in [9.17, 15) is 43.2 Å². The number of hydrogen-bond acceptors (Lipinski definition) is 15. The number of phosphoric ester groups is 2. The molecule has 0 saturated heterocycles. The van der Waals surface area contributed by atoms with Crippen LogP contribution in [-0.2, 0) is 65.4 Å². The molecule has 0 radical (unpaired) electrons. The predicted molar refractivity (Wildman–Crippen MR) is 465 cm³/mol. The molecule has 0 saturated carbocycles. The molecular formula is C93H182O17P2. The van der Waals surface area contributed by atoms with Gasteiger partial charge in [-0.3, -0.25) is 37.3 Å². The maximum Gasteiger partial charge on any atom is 0.472 e. The van der Waals surface area contributed by atoms with E-state index in [1.807, 2.05) is 0 Å². The van der Waals surface area contributed by atoms with Crippen LogP contribution in [0.1, 0.15) is 498 Å². The summed E-state index contributed by atoms with van der Waals surface area (Å²) >= 11 is 0. The van der Waals surface area contributed by atoms with Crippen molar-refractivity contribution in [3.8, 4) is 0 Å². The second-order valence-electron chi connectivity index (χ2n) is 34.4. The Morgan fingerprint density at radius 1 is 0.259 bits per heavy atom. The Morgan fingerprint density at radius 3 is 0.679 bits per heavy atom. The van der Waals surface area contributed by atoms with E-state index in [4.69, 9.17) is 37.0 Å². The number of rotatable bonds is 91. The monoisotopic (exact) mass is 1630 g/mol. The van der Waals surface area contributed by atoms with E-state index in [2.05, 4.69) is 48.5 Å². The number of ether oxygens (including phenoxy) is 4. The largest absolute Gasteiger partial charge is 0.472 e. The van der Waals surface area contributed by atoms with Crippen molar-refractivity contribution in [1.29, 1.82) is 0 Å². The Hall–Kier alpha value is -1.94. The predicted octanol–water partition coefficient (Wildman–Crippen LogP) is 28.8. The minimum absolute atomic E-state index is 0.108. The van der Waals surface area contributed by atoms with Crippen LogP contribution in [0.5, 0.6) is 0 Å². The van der Waals surface area contributed by atoms with Gasteiger partial charge in [-0.15, -0.1) is 0 Å². The molecule has 0 aromatic carbocycles. The Bertz CT molecular complexity index is 2150. The highest BCUT2D eigenvalue weighted by Gasteiger charge is 2.31. The van der Waals surface area contributed by atoms with Crippen LogP contribution in [0.3, 0.4) is 0 Å². The fourth-order valence-electron chi connectivity index (χ4n) is 14.5. The highest BCUT2D eigenvalue weighted by atomic mass is 31.2. The van der Waals surface area contributed by atoms with E-state index in [1.165, 1.54) is 308 Å². The Kier molecular flexibility index (Phi) is 81.3. The van der Waals surface area contributed by atoms with Crippen molar-refractivity contribution in [2.24, 2.45) is 17.8 Å². The van der Waals surface area contributed by atoms with Crippen LogP contribution in [0.25, 0.3) is 0 Å². The first-order chi connectivity index (χ1) is 54.3. The standard InChI is InChI=1S/C93H182O17P2/c1-8-11-12-13-14-15-16-29-39-46-53-60-67-74-90(95)103-80-89(110-93(98)77-70-63-56-49-42-35-34-36-43-50-57-64-71-84(4)5)83-108-112(101,102)106-79-87(94)78-105-111(99,100)107-82-88(109-92(97)76-69-62-55-48-41-33-28-24-20-18-22-26-31-38-45-52-59-66-73-86(7)10-3)81-104-91(96)75-68-61-54-47-40-32-27-23-19-17-21-25-30-37-44-51-58-65-72-85(6)9-2/h84-89,94H,8-83H2,1-7H3,(H,99,100)(H,101,102)/t85?,86?,87-,88-,89-/m1/s1. The van der Waals surface area contributed by atoms with Gasteiger partial charge in [-0.2, -0.15) is 0 Å². The van der Waals surface area contributed by atoms with Crippen LogP contribution in [0.15, 0.2) is 0 Å². The molecule has 4 unspecified atom stereocenters. The van der Waals surface area contributed by atoms with Crippen molar-refractivity contribution >= 4 is 39.5 Å². The molecule has 0 rings (SSSR count). The quantitative estimate of drug-likeness (QED) is 0.0222. The molecular weight excluding hydrogens is 1450 g/mol. The second-order valence-corrected chi connectivity index (χ2v) is 37.3. The maximum absolute atomic E-state index is 13.2. The SMILES string of the molecule is CCCCCCCCCCCCCCCC(=O)OC[C@H](COP(=O)(O)OC[C@H](O)COP(=O)(O)OC[C@@H](COC(=O)CCCCCCCCCCCCCCCCCCCCC(C)CC)OC(=O)CCCCCCCCCCCCCCCCCCCCC(C)CC)OC(=O)CCCCCCCCCCCCCCC(C)C. The van der Waals surface area contributed by atoms with Gasteiger partial charge in [-0.1, -0.05) is 447 Å². The summed E-state index contributed by atoms with van der Waals surface area (Å²) in [6.45, 7) is 12.2. The summed E-state index contributed by atoms with van der Waals surface area (Å²) in [5, 5.41) is 10.7. The topological polar surface area (TPSA) is 237 Å². The highest BCUT2D eigenvalue weighted by Crippen LogP contribution is 2.45. The molecule has 0 fully saturated rings. The van der Waals surface area contributed by atoms with Gasteiger partial charge in [0.1, 0.15) is 19.3 Å². The first-order valence-corrected chi connectivity index (χ1v) is 50.9. The number of aliphatic hydroxyl groups is 1. The van der Waals surface area contributed by atoms with E-state index in [-0.39, 0.29) is 25.7 Å². The van der Waals surface area contributed by atoms with Crippen molar-refractivity contribution < 1.29 is 80.2 Å². The van der Waals surface area contributed by atoms with Crippen LogP contribution in [-0.4, -0.2) is 96.7 Å². The molecule has 19 heteroatoms. The summed E-state index contributed by atoms with van der Waals surface area (Å²) in [6, 6.07) is 0. The minimum Gasteiger partial charge on any atom is -0.462 e. The first kappa shape index (κ1) is 110. The average molecular weight is 1630 g/mol. The third-order valence-electron chi connectivity index (χ3n) is 22.6. The molecule has 112 heavy (non-hydrogen) atoms. The number of carbonyl (C=O) groups excluding carboxylic acids is 4. The summed E-state index contributed by atoms with van der Waals surface area (Å²) in [5.41, 5.74) is 0. The maximum atomic E-state index is 13.2. The third kappa shape index (κ3) is 83.1. The summed E-state index contributed by atoms with van der Waals surface area (Å²) in [6.07, 6.45) is 76.3. The molecule has 0 aliphatic heterocycles. The summed E-state index contributed by atoms with van der Waals surface area (Å²) < 4.78 is 69.1. The minimum atomic E-state index is -4.97. The molecule has 0 aliphatic rings. The van der Waals surface area contributed by atoms with E-state index in [1.54, 1.807) is 0 Å². The summed E-state index contributed by atoms with van der Waals surface area (Å²) in [4.78, 5) is 73.5. The van der Waals surface area contributed by atoms with Crippen LogP contribution >= 0.6 is 15.6 Å². The lowest BCUT2D eigenvalue weighted by atomic mass is 9.99. The molecule has 0 heterocycles. The van der Waals surface area contributed by atoms with Gasteiger partial charge in [0, 0.05) is 25.7 Å². The van der Waals surface area contributed by atoms with E-state index >= 15 is 0 Å². The Labute approximate surface area is 689 Å². The number of unbranched alkanes of at least 4 members (excludes halogenated alkanes) is 57. The molecule has 0 spiro atoms. The fourth-order valence-corrected chi connectivity index (χ4v) is 16.1. The lowest BCUT2D eigenvalue weighted by Gasteiger charge is -2.21. The molecule has 666 valence electrons.